The first-order chi connectivity index (χ1) is 14.5. The number of urea groups is 1. The number of imidazole rings is 1. The summed E-state index contributed by atoms with van der Waals surface area (Å²) in [5.74, 6) is 1.05. The molecule has 3 aromatic carbocycles. The van der Waals surface area contributed by atoms with Crippen LogP contribution in [-0.2, 0) is 19.9 Å². The van der Waals surface area contributed by atoms with E-state index >= 15 is 0 Å². The number of rotatable bonds is 5. The van der Waals surface area contributed by atoms with E-state index in [2.05, 4.69) is 27.3 Å². The van der Waals surface area contributed by atoms with Crippen LogP contribution >= 0.6 is 11.6 Å². The highest BCUT2D eigenvalue weighted by Crippen LogP contribution is 2.23. The fourth-order valence-corrected chi connectivity index (χ4v) is 3.68. The lowest BCUT2D eigenvalue weighted by Gasteiger charge is -2.11. The number of aryl methyl sites for hydroxylation is 3. The molecular weight excluding hydrogens is 396 g/mol. The molecule has 1 heterocycles. The Morgan fingerprint density at radius 3 is 2.63 bits per heavy atom. The van der Waals surface area contributed by atoms with Crippen molar-refractivity contribution in [3.05, 3.63) is 88.7 Å². The first kappa shape index (κ1) is 20.0. The van der Waals surface area contributed by atoms with Crippen LogP contribution < -0.4 is 10.6 Å². The van der Waals surface area contributed by atoms with Gasteiger partial charge in [-0.25, -0.2) is 9.78 Å². The van der Waals surface area contributed by atoms with Crippen LogP contribution in [0, 0.1) is 6.92 Å². The van der Waals surface area contributed by atoms with Crippen molar-refractivity contribution in [1.29, 1.82) is 0 Å². The standard InChI is InChI=1S/C24H23ClN4O/c1-16-19(25)9-6-11-20(16)28-24(30)26-18-8-5-7-17(15-18)13-14-23-27-21-10-3-4-12-22(21)29(23)2/h3-12,15H,13-14H2,1-2H3,(H2,26,28,30). The Morgan fingerprint density at radius 2 is 1.80 bits per heavy atom. The minimum absolute atomic E-state index is 0.298. The van der Waals surface area contributed by atoms with Gasteiger partial charge in [0.15, 0.2) is 0 Å². The van der Waals surface area contributed by atoms with Crippen molar-refractivity contribution in [1.82, 2.24) is 9.55 Å². The second-order valence-corrected chi connectivity index (χ2v) is 7.67. The third-order valence-electron chi connectivity index (χ3n) is 5.22. The van der Waals surface area contributed by atoms with Crippen LogP contribution in [0.4, 0.5) is 16.2 Å². The van der Waals surface area contributed by atoms with E-state index in [1.54, 1.807) is 6.07 Å². The van der Waals surface area contributed by atoms with E-state index in [1.807, 2.05) is 62.5 Å². The summed E-state index contributed by atoms with van der Waals surface area (Å²) in [6.45, 7) is 1.87. The summed E-state index contributed by atoms with van der Waals surface area (Å²) in [4.78, 5) is 17.1. The first-order valence-corrected chi connectivity index (χ1v) is 10.2. The predicted molar refractivity (Wildman–Crippen MR) is 123 cm³/mol. The Labute approximate surface area is 180 Å². The maximum atomic E-state index is 12.4. The maximum Gasteiger partial charge on any atom is 0.323 e. The molecule has 0 aliphatic heterocycles. The normalized spacial score (nSPS) is 10.9. The van der Waals surface area contributed by atoms with Crippen molar-refractivity contribution in [2.45, 2.75) is 19.8 Å². The Bertz CT molecular complexity index is 1220. The molecule has 0 saturated heterocycles. The highest BCUT2D eigenvalue weighted by Gasteiger charge is 2.09. The van der Waals surface area contributed by atoms with Gasteiger partial charge in [0.1, 0.15) is 5.82 Å². The number of anilines is 2. The summed E-state index contributed by atoms with van der Waals surface area (Å²) < 4.78 is 2.14. The van der Waals surface area contributed by atoms with Gasteiger partial charge >= 0.3 is 6.03 Å². The molecular formula is C24H23ClN4O. The maximum absolute atomic E-state index is 12.4. The van der Waals surface area contributed by atoms with Gasteiger partial charge < -0.3 is 15.2 Å². The summed E-state index contributed by atoms with van der Waals surface area (Å²) in [5.41, 5.74) is 5.56. The molecule has 0 aliphatic carbocycles. The predicted octanol–water partition coefficient (Wildman–Crippen LogP) is 5.96. The molecule has 2 amide bonds. The summed E-state index contributed by atoms with van der Waals surface area (Å²) in [7, 11) is 2.05. The number of aromatic nitrogens is 2. The van der Waals surface area contributed by atoms with E-state index in [4.69, 9.17) is 16.6 Å². The molecule has 0 saturated carbocycles. The van der Waals surface area contributed by atoms with Crippen molar-refractivity contribution < 1.29 is 4.79 Å². The molecule has 0 unspecified atom stereocenters. The summed E-state index contributed by atoms with van der Waals surface area (Å²) >= 11 is 6.12. The molecule has 0 bridgehead atoms. The van der Waals surface area contributed by atoms with Crippen molar-refractivity contribution in [2.24, 2.45) is 7.05 Å². The van der Waals surface area contributed by atoms with Crippen molar-refractivity contribution in [3.8, 4) is 0 Å². The molecule has 6 heteroatoms. The number of amides is 2. The van der Waals surface area contributed by atoms with E-state index in [0.717, 1.165) is 46.5 Å². The quantitative estimate of drug-likeness (QED) is 0.419. The molecule has 0 aliphatic rings. The van der Waals surface area contributed by atoms with E-state index in [-0.39, 0.29) is 6.03 Å². The number of hydrogen-bond donors (Lipinski definition) is 2. The second-order valence-electron chi connectivity index (χ2n) is 7.27. The average Bonchev–Trinajstić information content (AvgIpc) is 3.06. The minimum atomic E-state index is -0.298. The Kier molecular flexibility index (Phi) is 5.72. The molecule has 2 N–H and O–H groups in total. The molecule has 152 valence electrons. The lowest BCUT2D eigenvalue weighted by Crippen LogP contribution is -2.20. The number of carbonyl (C=O) groups is 1. The third kappa shape index (κ3) is 4.31. The van der Waals surface area contributed by atoms with Crippen LogP contribution in [0.2, 0.25) is 5.02 Å². The van der Waals surface area contributed by atoms with Gasteiger partial charge in [-0.1, -0.05) is 41.9 Å². The number of nitrogens with zero attached hydrogens (tertiary/aromatic N) is 2. The summed E-state index contributed by atoms with van der Waals surface area (Å²) in [6.07, 6.45) is 1.66. The second kappa shape index (κ2) is 8.59. The van der Waals surface area contributed by atoms with Gasteiger partial charge in [-0.15, -0.1) is 0 Å². The number of halogens is 1. The summed E-state index contributed by atoms with van der Waals surface area (Å²) in [5, 5.41) is 6.37. The molecule has 0 fully saturated rings. The first-order valence-electron chi connectivity index (χ1n) is 9.83. The SMILES string of the molecule is Cc1c(Cl)cccc1NC(=O)Nc1cccc(CCc2nc3ccccc3n2C)c1. The molecule has 1 aromatic heterocycles. The smallest absolute Gasteiger partial charge is 0.323 e. The van der Waals surface area contributed by atoms with Crippen LogP contribution in [0.5, 0.6) is 0 Å². The van der Waals surface area contributed by atoms with Gasteiger partial charge in [0, 0.05) is 29.9 Å². The van der Waals surface area contributed by atoms with Crippen molar-refractivity contribution in [2.75, 3.05) is 10.6 Å². The molecule has 4 aromatic rings. The van der Waals surface area contributed by atoms with Crippen molar-refractivity contribution >= 4 is 40.0 Å². The highest BCUT2D eigenvalue weighted by atomic mass is 35.5. The van der Waals surface area contributed by atoms with Gasteiger partial charge in [0.2, 0.25) is 0 Å². The van der Waals surface area contributed by atoms with Crippen LogP contribution in [-0.4, -0.2) is 15.6 Å². The van der Waals surface area contributed by atoms with Gasteiger partial charge in [-0.05, 0) is 60.9 Å². The molecule has 4 rings (SSSR count). The fourth-order valence-electron chi connectivity index (χ4n) is 3.51. The fraction of sp³-hybridized carbons (Fsp3) is 0.167. The topological polar surface area (TPSA) is 59.0 Å². The number of benzene rings is 3. The Balaban J connectivity index is 1.41. The number of carbonyl (C=O) groups excluding carboxylic acids is 1. The van der Waals surface area contributed by atoms with E-state index in [1.165, 1.54) is 0 Å². The molecule has 0 atom stereocenters. The van der Waals surface area contributed by atoms with Crippen LogP contribution in [0.25, 0.3) is 11.0 Å². The van der Waals surface area contributed by atoms with E-state index < -0.39 is 0 Å². The summed E-state index contributed by atoms with van der Waals surface area (Å²) in [6, 6.07) is 21.2. The van der Waals surface area contributed by atoms with E-state index in [0.29, 0.717) is 10.7 Å². The highest BCUT2D eigenvalue weighted by molar-refractivity contribution is 6.31. The lowest BCUT2D eigenvalue weighted by atomic mass is 10.1. The van der Waals surface area contributed by atoms with Crippen LogP contribution in [0.15, 0.2) is 66.7 Å². The lowest BCUT2D eigenvalue weighted by molar-refractivity contribution is 0.262. The zero-order chi connectivity index (χ0) is 21.1. The Morgan fingerprint density at radius 1 is 1.00 bits per heavy atom. The monoisotopic (exact) mass is 418 g/mol. The van der Waals surface area contributed by atoms with Gasteiger partial charge in [0.25, 0.3) is 0 Å². The van der Waals surface area contributed by atoms with Gasteiger partial charge in [0.05, 0.1) is 11.0 Å². The zero-order valence-electron chi connectivity index (χ0n) is 16.9. The average molecular weight is 419 g/mol. The number of fused-ring (bicyclic) bond motifs is 1. The van der Waals surface area contributed by atoms with Crippen LogP contribution in [0.1, 0.15) is 17.0 Å². The van der Waals surface area contributed by atoms with E-state index in [9.17, 15) is 4.79 Å². The van der Waals surface area contributed by atoms with Gasteiger partial charge in [-0.2, -0.15) is 0 Å². The van der Waals surface area contributed by atoms with Crippen LogP contribution in [0.3, 0.4) is 0 Å². The molecule has 0 spiro atoms. The molecule has 30 heavy (non-hydrogen) atoms. The minimum Gasteiger partial charge on any atom is -0.331 e. The molecule has 5 nitrogen and oxygen atoms in total. The number of para-hydroxylation sites is 2. The molecule has 0 radical (unpaired) electrons. The zero-order valence-corrected chi connectivity index (χ0v) is 17.7. The number of nitrogens with one attached hydrogen (secondary N) is 2. The third-order valence-corrected chi connectivity index (χ3v) is 5.63. The Hall–Kier alpha value is -3.31. The van der Waals surface area contributed by atoms with Crippen molar-refractivity contribution in [3.63, 3.8) is 0 Å². The number of hydrogen-bond acceptors (Lipinski definition) is 2. The van der Waals surface area contributed by atoms with Gasteiger partial charge in [-0.3, -0.25) is 0 Å². The largest absolute Gasteiger partial charge is 0.331 e.